The molecule has 0 radical (unpaired) electrons. The zero-order valence-corrected chi connectivity index (χ0v) is 8.28. The molecule has 0 heterocycles. The van der Waals surface area contributed by atoms with Crippen LogP contribution in [0.5, 0.6) is 0 Å². The normalized spacial score (nSPS) is 11.1. The summed E-state index contributed by atoms with van der Waals surface area (Å²) in [5.41, 5.74) is 2.01. The monoisotopic (exact) mass is 188 g/mol. The summed E-state index contributed by atoms with van der Waals surface area (Å²) in [4.78, 5) is 21.9. The van der Waals surface area contributed by atoms with Gasteiger partial charge in [0.15, 0.2) is 5.78 Å². The fraction of sp³-hybridized carbons (Fsp3) is 0.167. The van der Waals surface area contributed by atoms with Crippen LogP contribution in [-0.2, 0) is 4.79 Å². The molecule has 0 N–H and O–H groups in total. The van der Waals surface area contributed by atoms with Crippen molar-refractivity contribution in [2.24, 2.45) is 0 Å². The maximum Gasteiger partial charge on any atom is 0.186 e. The van der Waals surface area contributed by atoms with E-state index in [1.54, 1.807) is 13.0 Å². The molecular weight excluding hydrogens is 176 g/mol. The lowest BCUT2D eigenvalue weighted by atomic mass is 10.0. The number of benzene rings is 1. The minimum Gasteiger partial charge on any atom is -0.298 e. The number of hydrogen-bond donors (Lipinski definition) is 0. The van der Waals surface area contributed by atoms with E-state index in [0.29, 0.717) is 17.4 Å². The molecule has 0 aliphatic rings. The van der Waals surface area contributed by atoms with E-state index in [4.69, 9.17) is 0 Å². The SMILES string of the molecule is C/C(C=O)=C\C(=O)c1ccccc1C. The predicted molar refractivity (Wildman–Crippen MR) is 55.3 cm³/mol. The molecule has 0 spiro atoms. The zero-order valence-electron chi connectivity index (χ0n) is 8.28. The van der Waals surface area contributed by atoms with Gasteiger partial charge in [0, 0.05) is 5.56 Å². The van der Waals surface area contributed by atoms with Crippen LogP contribution in [0, 0.1) is 6.92 Å². The summed E-state index contributed by atoms with van der Waals surface area (Å²) in [5.74, 6) is -0.118. The van der Waals surface area contributed by atoms with Crippen molar-refractivity contribution < 1.29 is 9.59 Å². The van der Waals surface area contributed by atoms with E-state index >= 15 is 0 Å². The standard InChI is InChI=1S/C12H12O2/c1-9(8-13)7-12(14)11-6-4-3-5-10(11)2/h3-8H,1-2H3/b9-7+. The second-order valence-corrected chi connectivity index (χ2v) is 3.19. The van der Waals surface area contributed by atoms with Crippen molar-refractivity contribution in [3.05, 3.63) is 47.0 Å². The maximum absolute atomic E-state index is 11.6. The molecule has 0 aromatic heterocycles. The Balaban J connectivity index is 3.02. The number of hydrogen-bond acceptors (Lipinski definition) is 2. The van der Waals surface area contributed by atoms with Crippen molar-refractivity contribution in [1.82, 2.24) is 0 Å². The fourth-order valence-electron chi connectivity index (χ4n) is 1.17. The average Bonchev–Trinajstić information content (AvgIpc) is 2.18. The highest BCUT2D eigenvalue weighted by molar-refractivity contribution is 6.07. The third kappa shape index (κ3) is 2.39. The molecule has 0 unspecified atom stereocenters. The first kappa shape index (κ1) is 10.4. The van der Waals surface area contributed by atoms with E-state index < -0.39 is 0 Å². The third-order valence-corrected chi connectivity index (χ3v) is 1.96. The van der Waals surface area contributed by atoms with Gasteiger partial charge in [0.1, 0.15) is 6.29 Å². The molecular formula is C12H12O2. The summed E-state index contributed by atoms with van der Waals surface area (Å²) in [6.45, 7) is 3.49. The number of ketones is 1. The molecule has 72 valence electrons. The summed E-state index contributed by atoms with van der Waals surface area (Å²) in [5, 5.41) is 0. The maximum atomic E-state index is 11.6. The summed E-state index contributed by atoms with van der Waals surface area (Å²) < 4.78 is 0. The minimum absolute atomic E-state index is 0.118. The van der Waals surface area contributed by atoms with E-state index in [1.807, 2.05) is 25.1 Å². The highest BCUT2D eigenvalue weighted by atomic mass is 16.1. The van der Waals surface area contributed by atoms with Crippen LogP contribution >= 0.6 is 0 Å². The third-order valence-electron chi connectivity index (χ3n) is 1.96. The quantitative estimate of drug-likeness (QED) is 0.414. The molecule has 2 nitrogen and oxygen atoms in total. The predicted octanol–water partition coefficient (Wildman–Crippen LogP) is 2.32. The number of aryl methyl sites for hydroxylation is 1. The summed E-state index contributed by atoms with van der Waals surface area (Å²) in [6.07, 6.45) is 2.03. The van der Waals surface area contributed by atoms with Gasteiger partial charge in [-0.25, -0.2) is 0 Å². The highest BCUT2D eigenvalue weighted by Crippen LogP contribution is 2.09. The zero-order chi connectivity index (χ0) is 10.6. The number of carbonyl (C=O) groups excluding carboxylic acids is 2. The highest BCUT2D eigenvalue weighted by Gasteiger charge is 2.04. The lowest BCUT2D eigenvalue weighted by Crippen LogP contribution is -1.98. The topological polar surface area (TPSA) is 34.1 Å². The van der Waals surface area contributed by atoms with E-state index in [0.717, 1.165) is 5.56 Å². The Hall–Kier alpha value is -1.70. The van der Waals surface area contributed by atoms with Gasteiger partial charge in [0.05, 0.1) is 0 Å². The van der Waals surface area contributed by atoms with Crippen LogP contribution in [0.15, 0.2) is 35.9 Å². The molecule has 0 atom stereocenters. The Morgan fingerprint density at radius 3 is 2.50 bits per heavy atom. The van der Waals surface area contributed by atoms with Gasteiger partial charge < -0.3 is 0 Å². The Morgan fingerprint density at radius 1 is 1.29 bits per heavy atom. The first-order chi connectivity index (χ1) is 6.65. The fourth-order valence-corrected chi connectivity index (χ4v) is 1.17. The van der Waals surface area contributed by atoms with Gasteiger partial charge in [0.2, 0.25) is 0 Å². The molecule has 1 rings (SSSR count). The van der Waals surface area contributed by atoms with Crippen molar-refractivity contribution in [3.63, 3.8) is 0 Å². The second kappa shape index (κ2) is 4.51. The van der Waals surface area contributed by atoms with Gasteiger partial charge in [-0.3, -0.25) is 9.59 Å². The Kier molecular flexibility index (Phi) is 3.35. The van der Waals surface area contributed by atoms with Crippen molar-refractivity contribution in [2.75, 3.05) is 0 Å². The van der Waals surface area contributed by atoms with E-state index in [2.05, 4.69) is 0 Å². The second-order valence-electron chi connectivity index (χ2n) is 3.19. The number of aldehydes is 1. The Morgan fingerprint density at radius 2 is 1.93 bits per heavy atom. The minimum atomic E-state index is -0.118. The molecule has 0 saturated heterocycles. The van der Waals surface area contributed by atoms with Crippen LogP contribution < -0.4 is 0 Å². The van der Waals surface area contributed by atoms with Crippen molar-refractivity contribution in [2.45, 2.75) is 13.8 Å². The van der Waals surface area contributed by atoms with Gasteiger partial charge in [-0.2, -0.15) is 0 Å². The first-order valence-corrected chi connectivity index (χ1v) is 4.38. The van der Waals surface area contributed by atoms with Crippen molar-refractivity contribution >= 4 is 12.1 Å². The summed E-state index contributed by atoms with van der Waals surface area (Å²) >= 11 is 0. The molecule has 0 fully saturated rings. The molecule has 1 aromatic rings. The van der Waals surface area contributed by atoms with Crippen LogP contribution in [-0.4, -0.2) is 12.1 Å². The van der Waals surface area contributed by atoms with Crippen LogP contribution in [0.1, 0.15) is 22.8 Å². The van der Waals surface area contributed by atoms with Crippen LogP contribution in [0.3, 0.4) is 0 Å². The number of allylic oxidation sites excluding steroid dienone is 2. The van der Waals surface area contributed by atoms with Gasteiger partial charge in [-0.05, 0) is 31.1 Å². The summed E-state index contributed by atoms with van der Waals surface area (Å²) in [7, 11) is 0. The smallest absolute Gasteiger partial charge is 0.186 e. The lowest BCUT2D eigenvalue weighted by molar-refractivity contribution is -0.104. The van der Waals surface area contributed by atoms with E-state index in [-0.39, 0.29) is 5.78 Å². The summed E-state index contributed by atoms with van der Waals surface area (Å²) in [6, 6.07) is 7.32. The number of rotatable bonds is 3. The average molecular weight is 188 g/mol. The molecule has 0 bridgehead atoms. The van der Waals surface area contributed by atoms with Crippen molar-refractivity contribution in [3.8, 4) is 0 Å². The first-order valence-electron chi connectivity index (χ1n) is 4.38. The van der Waals surface area contributed by atoms with Crippen LogP contribution in [0.2, 0.25) is 0 Å². The molecule has 0 aliphatic heterocycles. The molecule has 0 amide bonds. The van der Waals surface area contributed by atoms with Gasteiger partial charge in [0.25, 0.3) is 0 Å². The lowest BCUT2D eigenvalue weighted by Gasteiger charge is -2.00. The Labute approximate surface area is 83.3 Å². The molecule has 1 aromatic carbocycles. The van der Waals surface area contributed by atoms with Gasteiger partial charge in [-0.15, -0.1) is 0 Å². The van der Waals surface area contributed by atoms with Gasteiger partial charge in [-0.1, -0.05) is 24.3 Å². The number of carbonyl (C=O) groups is 2. The Bertz CT molecular complexity index is 389. The largest absolute Gasteiger partial charge is 0.298 e. The molecule has 0 saturated carbocycles. The van der Waals surface area contributed by atoms with Crippen molar-refractivity contribution in [1.29, 1.82) is 0 Å². The van der Waals surface area contributed by atoms with Crippen LogP contribution in [0.4, 0.5) is 0 Å². The molecule has 2 heteroatoms. The van der Waals surface area contributed by atoms with Crippen LogP contribution in [0.25, 0.3) is 0 Å². The van der Waals surface area contributed by atoms with Gasteiger partial charge >= 0.3 is 0 Å². The van der Waals surface area contributed by atoms with E-state index in [9.17, 15) is 9.59 Å². The molecule has 14 heavy (non-hydrogen) atoms. The van der Waals surface area contributed by atoms with E-state index in [1.165, 1.54) is 6.08 Å². The molecule has 0 aliphatic carbocycles.